The van der Waals surface area contributed by atoms with Gasteiger partial charge in [-0.25, -0.2) is 5.43 Å². The van der Waals surface area contributed by atoms with E-state index in [1.165, 1.54) is 6.21 Å². The van der Waals surface area contributed by atoms with Crippen molar-refractivity contribution >= 4 is 23.9 Å². The fraction of sp³-hybridized carbons (Fsp3) is 0.474. The Bertz CT molecular complexity index is 697. The number of hydrogen-bond acceptors (Lipinski definition) is 6. The van der Waals surface area contributed by atoms with E-state index in [-0.39, 0.29) is 24.7 Å². The van der Waals surface area contributed by atoms with E-state index in [1.807, 2.05) is 0 Å². The Morgan fingerprint density at radius 1 is 1.25 bits per heavy atom. The standard InChI is InChI=1S/C19H26N4O5/c1-13(2)22-18(25)19(26)23-21-10-14-5-7-15(8-6-14)28-12-17(24)20-11-16-4-3-9-27-16/h5-8,10,13,16H,3-4,9,11-12H2,1-2H3,(H,20,24)(H,22,25)(H,23,26)/b21-10-/t16-/m0/s1. The molecule has 28 heavy (non-hydrogen) atoms. The lowest BCUT2D eigenvalue weighted by Crippen LogP contribution is -2.41. The van der Waals surface area contributed by atoms with Crippen molar-refractivity contribution in [3.05, 3.63) is 29.8 Å². The lowest BCUT2D eigenvalue weighted by Gasteiger charge is -2.11. The Kier molecular flexibility index (Phi) is 8.41. The zero-order valence-corrected chi connectivity index (χ0v) is 16.1. The summed E-state index contributed by atoms with van der Waals surface area (Å²) in [5.41, 5.74) is 2.85. The van der Waals surface area contributed by atoms with E-state index < -0.39 is 11.8 Å². The molecule has 0 aliphatic carbocycles. The van der Waals surface area contributed by atoms with E-state index in [9.17, 15) is 14.4 Å². The number of carbonyl (C=O) groups excluding carboxylic acids is 3. The highest BCUT2D eigenvalue weighted by Gasteiger charge is 2.16. The minimum atomic E-state index is -0.834. The normalized spacial score (nSPS) is 16.2. The van der Waals surface area contributed by atoms with Gasteiger partial charge in [0, 0.05) is 19.2 Å². The van der Waals surface area contributed by atoms with Gasteiger partial charge in [0.05, 0.1) is 12.3 Å². The molecule has 1 atom stereocenters. The number of hydrazone groups is 1. The average Bonchev–Trinajstić information content (AvgIpc) is 3.18. The van der Waals surface area contributed by atoms with Crippen molar-refractivity contribution in [2.45, 2.75) is 38.8 Å². The minimum Gasteiger partial charge on any atom is -0.484 e. The first-order valence-electron chi connectivity index (χ1n) is 9.19. The molecule has 0 unspecified atom stereocenters. The number of amides is 3. The zero-order valence-electron chi connectivity index (χ0n) is 16.1. The summed E-state index contributed by atoms with van der Waals surface area (Å²) >= 11 is 0. The van der Waals surface area contributed by atoms with Gasteiger partial charge in [-0.1, -0.05) is 0 Å². The van der Waals surface area contributed by atoms with Gasteiger partial charge in [0.15, 0.2) is 6.61 Å². The molecule has 1 aliphatic rings. The zero-order chi connectivity index (χ0) is 20.4. The first kappa shape index (κ1) is 21.4. The summed E-state index contributed by atoms with van der Waals surface area (Å²) in [6.07, 6.45) is 3.49. The molecule has 1 heterocycles. The molecule has 0 saturated carbocycles. The van der Waals surface area contributed by atoms with Gasteiger partial charge in [0.25, 0.3) is 5.91 Å². The summed E-state index contributed by atoms with van der Waals surface area (Å²) in [6.45, 7) is 4.68. The molecule has 0 aromatic heterocycles. The molecule has 0 spiro atoms. The highest BCUT2D eigenvalue weighted by molar-refractivity contribution is 6.35. The molecular weight excluding hydrogens is 364 g/mol. The van der Waals surface area contributed by atoms with Gasteiger partial charge in [-0.3, -0.25) is 14.4 Å². The van der Waals surface area contributed by atoms with Crippen molar-refractivity contribution in [3.8, 4) is 5.75 Å². The first-order chi connectivity index (χ1) is 13.4. The molecule has 1 fully saturated rings. The molecule has 1 saturated heterocycles. The van der Waals surface area contributed by atoms with Crippen LogP contribution in [0, 0.1) is 0 Å². The maximum absolute atomic E-state index is 11.8. The second-order valence-electron chi connectivity index (χ2n) is 6.62. The molecular formula is C19H26N4O5. The quantitative estimate of drug-likeness (QED) is 0.336. The predicted molar refractivity (Wildman–Crippen MR) is 103 cm³/mol. The topological polar surface area (TPSA) is 118 Å². The number of nitrogens with zero attached hydrogens (tertiary/aromatic N) is 1. The van der Waals surface area contributed by atoms with Gasteiger partial charge in [-0.2, -0.15) is 5.10 Å². The Morgan fingerprint density at radius 2 is 2.00 bits per heavy atom. The third kappa shape index (κ3) is 7.75. The van der Waals surface area contributed by atoms with E-state index in [0.29, 0.717) is 17.9 Å². The number of hydrogen-bond donors (Lipinski definition) is 3. The van der Waals surface area contributed by atoms with Crippen LogP contribution in [0.2, 0.25) is 0 Å². The van der Waals surface area contributed by atoms with Crippen LogP contribution in [0.1, 0.15) is 32.3 Å². The highest BCUT2D eigenvalue weighted by atomic mass is 16.5. The van der Waals surface area contributed by atoms with Crippen LogP contribution >= 0.6 is 0 Å². The molecule has 9 heteroatoms. The molecule has 152 valence electrons. The van der Waals surface area contributed by atoms with Crippen LogP contribution in [0.3, 0.4) is 0 Å². The summed E-state index contributed by atoms with van der Waals surface area (Å²) in [7, 11) is 0. The molecule has 1 aliphatic heterocycles. The van der Waals surface area contributed by atoms with E-state index in [2.05, 4.69) is 21.2 Å². The lowest BCUT2D eigenvalue weighted by molar-refractivity contribution is -0.139. The van der Waals surface area contributed by atoms with Gasteiger partial charge in [-0.15, -0.1) is 0 Å². The van der Waals surface area contributed by atoms with Gasteiger partial charge in [0.1, 0.15) is 5.75 Å². The summed E-state index contributed by atoms with van der Waals surface area (Å²) in [6, 6.07) is 6.66. The van der Waals surface area contributed by atoms with Gasteiger partial charge in [0.2, 0.25) is 0 Å². The minimum absolute atomic E-state index is 0.0822. The summed E-state index contributed by atoms with van der Waals surface area (Å²) in [4.78, 5) is 34.7. The number of benzene rings is 1. The van der Waals surface area contributed by atoms with E-state index in [1.54, 1.807) is 38.1 Å². The van der Waals surface area contributed by atoms with Crippen LogP contribution in [0.15, 0.2) is 29.4 Å². The summed E-state index contributed by atoms with van der Waals surface area (Å²) in [5.74, 6) is -1.25. The molecule has 1 aromatic carbocycles. The van der Waals surface area contributed by atoms with Crippen molar-refractivity contribution < 1.29 is 23.9 Å². The Balaban J connectivity index is 1.69. The number of ether oxygens (including phenoxy) is 2. The van der Waals surface area contributed by atoms with Crippen LogP contribution in [0.4, 0.5) is 0 Å². The molecule has 3 amide bonds. The first-order valence-corrected chi connectivity index (χ1v) is 9.19. The van der Waals surface area contributed by atoms with Crippen LogP contribution < -0.4 is 20.8 Å². The highest BCUT2D eigenvalue weighted by Crippen LogP contribution is 2.12. The summed E-state index contributed by atoms with van der Waals surface area (Å²) in [5, 5.41) is 8.98. The molecule has 3 N–H and O–H groups in total. The lowest BCUT2D eigenvalue weighted by atomic mass is 10.2. The smallest absolute Gasteiger partial charge is 0.329 e. The van der Waals surface area contributed by atoms with Crippen molar-refractivity contribution in [1.82, 2.24) is 16.1 Å². The van der Waals surface area contributed by atoms with Crippen molar-refractivity contribution in [1.29, 1.82) is 0 Å². The Labute approximate surface area is 163 Å². The number of carbonyl (C=O) groups is 3. The molecule has 1 aromatic rings. The third-order valence-electron chi connectivity index (χ3n) is 3.81. The van der Waals surface area contributed by atoms with E-state index >= 15 is 0 Å². The Hall–Kier alpha value is -2.94. The Morgan fingerprint density at radius 3 is 2.64 bits per heavy atom. The fourth-order valence-corrected chi connectivity index (χ4v) is 2.43. The largest absolute Gasteiger partial charge is 0.484 e. The third-order valence-corrected chi connectivity index (χ3v) is 3.81. The number of nitrogens with one attached hydrogen (secondary N) is 3. The monoisotopic (exact) mass is 390 g/mol. The van der Waals surface area contributed by atoms with Crippen LogP contribution in [0.5, 0.6) is 5.75 Å². The maximum Gasteiger partial charge on any atom is 0.329 e. The molecule has 9 nitrogen and oxygen atoms in total. The van der Waals surface area contributed by atoms with E-state index in [0.717, 1.165) is 19.4 Å². The maximum atomic E-state index is 11.8. The van der Waals surface area contributed by atoms with Gasteiger partial charge in [-0.05, 0) is 56.5 Å². The van der Waals surface area contributed by atoms with Crippen molar-refractivity contribution in [3.63, 3.8) is 0 Å². The van der Waals surface area contributed by atoms with Crippen molar-refractivity contribution in [2.24, 2.45) is 5.10 Å². The number of rotatable bonds is 8. The SMILES string of the molecule is CC(C)NC(=O)C(=O)N/N=C\c1ccc(OCC(=O)NC[C@@H]2CCCO2)cc1. The second-order valence-corrected chi connectivity index (χ2v) is 6.62. The van der Waals surface area contributed by atoms with Crippen LogP contribution in [-0.4, -0.2) is 55.8 Å². The average molecular weight is 390 g/mol. The molecule has 0 bridgehead atoms. The predicted octanol–water partition coefficient (Wildman–Crippen LogP) is 0.335. The molecule has 0 radical (unpaired) electrons. The van der Waals surface area contributed by atoms with Crippen LogP contribution in [-0.2, 0) is 19.1 Å². The van der Waals surface area contributed by atoms with Gasteiger partial charge >= 0.3 is 11.8 Å². The summed E-state index contributed by atoms with van der Waals surface area (Å²) < 4.78 is 10.9. The second kappa shape index (κ2) is 11.0. The molecule has 2 rings (SSSR count). The van der Waals surface area contributed by atoms with Gasteiger partial charge < -0.3 is 20.1 Å². The fourth-order valence-electron chi connectivity index (χ4n) is 2.43. The van der Waals surface area contributed by atoms with Crippen LogP contribution in [0.25, 0.3) is 0 Å². The van der Waals surface area contributed by atoms with Crippen molar-refractivity contribution in [2.75, 3.05) is 19.8 Å². The van der Waals surface area contributed by atoms with E-state index in [4.69, 9.17) is 9.47 Å².